The molecule has 1 saturated carbocycles. The van der Waals surface area contributed by atoms with E-state index in [1.807, 2.05) is 19.1 Å². The second-order valence-electron chi connectivity index (χ2n) is 7.18. The van der Waals surface area contributed by atoms with Gasteiger partial charge in [-0.3, -0.25) is 4.79 Å². The molecule has 2 fully saturated rings. The molecule has 25 heavy (non-hydrogen) atoms. The van der Waals surface area contributed by atoms with Crippen LogP contribution in [0, 0.1) is 18.8 Å². The molecule has 2 N–H and O–H groups in total. The number of Topliss-reactive ketones (excluding diaryl/α,β-unsaturated/α-hetero) is 1. The maximum absolute atomic E-state index is 13.4. The number of hydrogen-bond acceptors (Lipinski definition) is 5. The van der Waals surface area contributed by atoms with E-state index in [0.29, 0.717) is 11.3 Å². The Labute approximate surface area is 144 Å². The summed E-state index contributed by atoms with van der Waals surface area (Å²) < 4.78 is 11.4. The average Bonchev–Trinajstić information content (AvgIpc) is 3.31. The molecule has 128 valence electrons. The summed E-state index contributed by atoms with van der Waals surface area (Å²) in [6.07, 6.45) is 7.95. The number of aryl methyl sites for hydroxylation is 1. The Morgan fingerprint density at radius 1 is 1.32 bits per heavy atom. The van der Waals surface area contributed by atoms with Crippen LogP contribution in [0.15, 0.2) is 42.2 Å². The van der Waals surface area contributed by atoms with E-state index in [4.69, 9.17) is 9.47 Å². The lowest BCUT2D eigenvalue weighted by Crippen LogP contribution is -2.55. The molecule has 3 aliphatic carbocycles. The summed E-state index contributed by atoms with van der Waals surface area (Å²) in [5.74, 6) is -0.587. The van der Waals surface area contributed by atoms with E-state index in [2.05, 4.69) is 0 Å². The number of ether oxygens (including phenoxy) is 2. The van der Waals surface area contributed by atoms with Crippen molar-refractivity contribution in [3.8, 4) is 5.75 Å². The summed E-state index contributed by atoms with van der Waals surface area (Å²) in [7, 11) is 1.53. The molecule has 1 saturated heterocycles. The van der Waals surface area contributed by atoms with Crippen LogP contribution in [-0.4, -0.2) is 34.8 Å². The van der Waals surface area contributed by atoms with Crippen LogP contribution in [0.2, 0.25) is 0 Å². The molecule has 0 spiro atoms. The topological polar surface area (TPSA) is 79.3 Å². The van der Waals surface area contributed by atoms with Crippen LogP contribution in [-0.2, 0) is 19.9 Å². The van der Waals surface area contributed by atoms with Crippen LogP contribution in [0.1, 0.15) is 16.7 Å². The highest BCUT2D eigenvalue weighted by Gasteiger charge is 2.84. The molecule has 0 aromatic heterocycles. The third-order valence-corrected chi connectivity index (χ3v) is 5.94. The second-order valence-corrected chi connectivity index (χ2v) is 7.18. The van der Waals surface area contributed by atoms with E-state index in [9.17, 15) is 15.0 Å². The number of fused-ring (bicyclic) bond motifs is 2. The molecule has 5 nitrogen and oxygen atoms in total. The van der Waals surface area contributed by atoms with Gasteiger partial charge in [0, 0.05) is 5.56 Å². The number of methoxy groups -OCH3 is 1. The van der Waals surface area contributed by atoms with Gasteiger partial charge in [-0.05, 0) is 36.3 Å². The Morgan fingerprint density at radius 3 is 2.88 bits per heavy atom. The minimum atomic E-state index is -1.32. The van der Waals surface area contributed by atoms with Crippen LogP contribution >= 0.6 is 0 Å². The van der Waals surface area contributed by atoms with Gasteiger partial charge in [0.05, 0.1) is 18.9 Å². The fourth-order valence-corrected chi connectivity index (χ4v) is 4.87. The molecule has 1 aromatic rings. The van der Waals surface area contributed by atoms with Gasteiger partial charge in [-0.2, -0.15) is 0 Å². The number of rotatable bonds is 1. The number of hydrogen-bond donors (Lipinski definition) is 2. The van der Waals surface area contributed by atoms with E-state index in [1.54, 1.807) is 30.4 Å². The lowest BCUT2D eigenvalue weighted by molar-refractivity contribution is -0.132. The number of epoxide rings is 1. The number of phenolic OH excluding ortho intramolecular Hbond substituents is 1. The molecule has 1 heterocycles. The molecular formula is C20H18O5. The zero-order chi connectivity index (χ0) is 17.6. The first-order valence-electron chi connectivity index (χ1n) is 8.34. The number of carbonyl (C=O) groups is 1. The summed E-state index contributed by atoms with van der Waals surface area (Å²) >= 11 is 0. The lowest BCUT2D eigenvalue weighted by atomic mass is 9.60. The SMILES string of the molecule is COC1=CC=CC2C(=O)C34OC3(C=Cc3cc(C)cc(O)c34)C(O)C12. The van der Waals surface area contributed by atoms with E-state index < -0.39 is 29.1 Å². The van der Waals surface area contributed by atoms with Crippen molar-refractivity contribution in [2.45, 2.75) is 24.2 Å². The smallest absolute Gasteiger partial charge is 0.192 e. The van der Waals surface area contributed by atoms with Gasteiger partial charge < -0.3 is 19.7 Å². The number of aromatic hydroxyl groups is 1. The van der Waals surface area contributed by atoms with Crippen LogP contribution < -0.4 is 0 Å². The average molecular weight is 338 g/mol. The van der Waals surface area contributed by atoms with Crippen LogP contribution in [0.4, 0.5) is 0 Å². The lowest BCUT2D eigenvalue weighted by Gasteiger charge is -2.41. The third-order valence-electron chi connectivity index (χ3n) is 5.94. The van der Waals surface area contributed by atoms with E-state index >= 15 is 0 Å². The minimum Gasteiger partial charge on any atom is -0.508 e. The third kappa shape index (κ3) is 1.50. The van der Waals surface area contributed by atoms with Crippen molar-refractivity contribution in [2.75, 3.05) is 7.11 Å². The molecule has 5 heteroatoms. The molecule has 5 atom stereocenters. The number of benzene rings is 1. The summed E-state index contributed by atoms with van der Waals surface area (Å²) in [6.45, 7) is 1.88. The van der Waals surface area contributed by atoms with Gasteiger partial charge in [0.2, 0.25) is 0 Å². The fourth-order valence-electron chi connectivity index (χ4n) is 4.87. The van der Waals surface area contributed by atoms with Gasteiger partial charge in [0.1, 0.15) is 17.6 Å². The number of aliphatic hydroxyl groups excluding tert-OH is 1. The Morgan fingerprint density at radius 2 is 2.12 bits per heavy atom. The van der Waals surface area contributed by atoms with Gasteiger partial charge in [0.15, 0.2) is 17.0 Å². The molecule has 0 amide bonds. The van der Waals surface area contributed by atoms with Gasteiger partial charge in [-0.15, -0.1) is 0 Å². The number of phenols is 1. The Kier molecular flexibility index (Phi) is 2.64. The monoisotopic (exact) mass is 338 g/mol. The first-order chi connectivity index (χ1) is 12.0. The van der Waals surface area contributed by atoms with Crippen LogP contribution in [0.25, 0.3) is 6.08 Å². The van der Waals surface area contributed by atoms with Gasteiger partial charge in [0.25, 0.3) is 0 Å². The van der Waals surface area contributed by atoms with E-state index in [-0.39, 0.29) is 11.5 Å². The minimum absolute atomic E-state index is 0.0301. The highest BCUT2D eigenvalue weighted by atomic mass is 16.6. The van der Waals surface area contributed by atoms with Crippen molar-refractivity contribution in [2.24, 2.45) is 11.8 Å². The van der Waals surface area contributed by atoms with Crippen LogP contribution in [0.3, 0.4) is 0 Å². The molecule has 5 rings (SSSR count). The predicted molar refractivity (Wildman–Crippen MR) is 89.6 cm³/mol. The zero-order valence-electron chi connectivity index (χ0n) is 13.9. The van der Waals surface area contributed by atoms with Crippen LogP contribution in [0.5, 0.6) is 5.75 Å². The second kappa shape index (κ2) is 4.42. The first kappa shape index (κ1) is 14.9. The molecule has 0 bridgehead atoms. The summed E-state index contributed by atoms with van der Waals surface area (Å²) in [4.78, 5) is 13.4. The summed E-state index contributed by atoms with van der Waals surface area (Å²) in [6, 6.07) is 3.54. The molecule has 0 radical (unpaired) electrons. The quantitative estimate of drug-likeness (QED) is 0.766. The van der Waals surface area contributed by atoms with E-state index in [1.165, 1.54) is 7.11 Å². The number of ketones is 1. The van der Waals surface area contributed by atoms with Gasteiger partial charge in [-0.1, -0.05) is 24.3 Å². The Hall–Kier alpha value is -2.37. The van der Waals surface area contributed by atoms with Crippen molar-refractivity contribution in [1.29, 1.82) is 0 Å². The maximum Gasteiger partial charge on any atom is 0.192 e. The van der Waals surface area contributed by atoms with Crippen molar-refractivity contribution in [3.05, 3.63) is 58.9 Å². The van der Waals surface area contributed by atoms with E-state index in [0.717, 1.165) is 11.1 Å². The predicted octanol–water partition coefficient (Wildman–Crippen LogP) is 1.97. The molecule has 4 aliphatic rings. The first-order valence-corrected chi connectivity index (χ1v) is 8.34. The number of carbonyl (C=O) groups excluding carboxylic acids is 1. The Balaban J connectivity index is 1.74. The molecular weight excluding hydrogens is 320 g/mol. The van der Waals surface area contributed by atoms with Crippen molar-refractivity contribution < 1.29 is 24.5 Å². The highest BCUT2D eigenvalue weighted by molar-refractivity contribution is 6.02. The molecule has 1 aromatic carbocycles. The maximum atomic E-state index is 13.4. The standard InChI is InChI=1S/C20H18O5/c1-10-8-11-6-7-19-18(23)15-12(4-3-5-14(15)24-2)17(22)20(19,25-19)16(11)13(21)9-10/h3-9,12,15,18,21,23H,1-2H3. The van der Waals surface area contributed by atoms with Crippen molar-refractivity contribution in [3.63, 3.8) is 0 Å². The highest BCUT2D eigenvalue weighted by Crippen LogP contribution is 2.69. The Bertz CT molecular complexity index is 911. The summed E-state index contributed by atoms with van der Waals surface area (Å²) in [5, 5.41) is 21.7. The normalized spacial score (nSPS) is 39.7. The fraction of sp³-hybridized carbons (Fsp3) is 0.350. The van der Waals surface area contributed by atoms with Crippen molar-refractivity contribution in [1.82, 2.24) is 0 Å². The number of aliphatic hydroxyl groups is 1. The van der Waals surface area contributed by atoms with Gasteiger partial charge >= 0.3 is 0 Å². The summed E-state index contributed by atoms with van der Waals surface area (Å²) in [5.41, 5.74) is -0.352. The molecule has 5 unspecified atom stereocenters. The van der Waals surface area contributed by atoms with Gasteiger partial charge in [-0.25, -0.2) is 0 Å². The largest absolute Gasteiger partial charge is 0.508 e. The molecule has 1 aliphatic heterocycles. The van der Waals surface area contributed by atoms with Crippen molar-refractivity contribution >= 4 is 11.9 Å². The number of allylic oxidation sites excluding steroid dienone is 3. The zero-order valence-corrected chi connectivity index (χ0v) is 13.9.